The molecule has 0 atom stereocenters. The Morgan fingerprint density at radius 1 is 0.958 bits per heavy atom. The Morgan fingerprint density at radius 3 is 2.38 bits per heavy atom. The summed E-state index contributed by atoms with van der Waals surface area (Å²) in [7, 11) is 0. The van der Waals surface area contributed by atoms with Crippen LogP contribution < -0.4 is 0 Å². The van der Waals surface area contributed by atoms with E-state index in [0.717, 1.165) is 11.1 Å². The van der Waals surface area contributed by atoms with Crippen LogP contribution >= 0.6 is 23.2 Å². The summed E-state index contributed by atoms with van der Waals surface area (Å²) >= 11 is 11.8. The Labute approximate surface area is 149 Å². The number of carbonyl (C=O) groups is 1. The van der Waals surface area contributed by atoms with E-state index < -0.39 is 5.97 Å². The Morgan fingerprint density at radius 2 is 1.67 bits per heavy atom. The van der Waals surface area contributed by atoms with Gasteiger partial charge in [0, 0.05) is 6.08 Å². The first kappa shape index (κ1) is 16.5. The lowest BCUT2D eigenvalue weighted by molar-refractivity contribution is -0.129. The van der Waals surface area contributed by atoms with E-state index in [1.165, 1.54) is 5.56 Å². The molecule has 0 bridgehead atoms. The molecule has 24 heavy (non-hydrogen) atoms. The Hall–Kier alpha value is -2.36. The van der Waals surface area contributed by atoms with Crippen molar-refractivity contribution >= 4 is 47.2 Å². The molecule has 0 fully saturated rings. The molecule has 0 saturated heterocycles. The largest absolute Gasteiger partial charge is 0.403 e. The number of cyclic esters (lactones) is 1. The fourth-order valence-corrected chi connectivity index (χ4v) is 2.41. The number of esters is 1. The standard InChI is InChI=1S/C19H13Cl2NO2/c1-12-2-4-13(5-3-12)7-9-18-22-17(19(23)24-18)11-14-6-8-15(20)16(21)10-14/h2-11H,1H3/b9-7+,17-11-. The maximum absolute atomic E-state index is 11.9. The van der Waals surface area contributed by atoms with Crippen LogP contribution in [0, 0.1) is 6.92 Å². The molecule has 120 valence electrons. The summed E-state index contributed by atoms with van der Waals surface area (Å²) in [6, 6.07) is 13.1. The van der Waals surface area contributed by atoms with E-state index in [2.05, 4.69) is 4.99 Å². The summed E-state index contributed by atoms with van der Waals surface area (Å²) in [5.41, 5.74) is 3.13. The molecule has 0 spiro atoms. The zero-order valence-corrected chi connectivity index (χ0v) is 14.3. The van der Waals surface area contributed by atoms with Gasteiger partial charge in [-0.15, -0.1) is 0 Å². The summed E-state index contributed by atoms with van der Waals surface area (Å²) < 4.78 is 5.14. The molecule has 0 aromatic heterocycles. The molecule has 2 aromatic rings. The molecule has 0 saturated carbocycles. The van der Waals surface area contributed by atoms with Crippen LogP contribution in [0.2, 0.25) is 10.0 Å². The van der Waals surface area contributed by atoms with Crippen LogP contribution in [0.1, 0.15) is 16.7 Å². The number of halogens is 2. The van der Waals surface area contributed by atoms with Gasteiger partial charge in [0.05, 0.1) is 10.0 Å². The van der Waals surface area contributed by atoms with Gasteiger partial charge in [-0.2, -0.15) is 0 Å². The highest BCUT2D eigenvalue weighted by atomic mass is 35.5. The molecule has 0 aliphatic carbocycles. The monoisotopic (exact) mass is 357 g/mol. The quantitative estimate of drug-likeness (QED) is 0.551. The van der Waals surface area contributed by atoms with Crippen molar-refractivity contribution in [3.8, 4) is 0 Å². The first-order chi connectivity index (χ1) is 11.5. The molecule has 2 aromatic carbocycles. The van der Waals surface area contributed by atoms with Crippen LogP contribution in [-0.2, 0) is 9.53 Å². The number of nitrogens with zero attached hydrogens (tertiary/aromatic N) is 1. The smallest absolute Gasteiger partial charge is 0.363 e. The van der Waals surface area contributed by atoms with E-state index in [1.807, 2.05) is 37.3 Å². The van der Waals surface area contributed by atoms with Gasteiger partial charge >= 0.3 is 5.97 Å². The third-order valence-electron chi connectivity index (χ3n) is 3.38. The van der Waals surface area contributed by atoms with Crippen molar-refractivity contribution in [1.82, 2.24) is 0 Å². The van der Waals surface area contributed by atoms with Crippen molar-refractivity contribution in [2.45, 2.75) is 6.92 Å². The molecular weight excluding hydrogens is 345 g/mol. The predicted molar refractivity (Wildman–Crippen MR) is 98.2 cm³/mol. The average Bonchev–Trinajstić information content (AvgIpc) is 2.90. The normalized spacial score (nSPS) is 15.9. The second-order valence-corrected chi connectivity index (χ2v) is 6.10. The molecule has 0 amide bonds. The minimum atomic E-state index is -0.496. The number of hydrogen-bond donors (Lipinski definition) is 0. The van der Waals surface area contributed by atoms with Gasteiger partial charge in [0.1, 0.15) is 0 Å². The molecule has 3 nitrogen and oxygen atoms in total. The lowest BCUT2D eigenvalue weighted by Crippen LogP contribution is -2.01. The summed E-state index contributed by atoms with van der Waals surface area (Å²) in [5.74, 6) is -0.239. The third kappa shape index (κ3) is 3.94. The van der Waals surface area contributed by atoms with Crippen LogP contribution in [0.4, 0.5) is 0 Å². The van der Waals surface area contributed by atoms with Crippen molar-refractivity contribution in [3.63, 3.8) is 0 Å². The summed E-state index contributed by atoms with van der Waals surface area (Å²) in [4.78, 5) is 16.1. The van der Waals surface area contributed by atoms with Gasteiger partial charge in [-0.3, -0.25) is 0 Å². The maximum Gasteiger partial charge on any atom is 0.363 e. The van der Waals surface area contributed by atoms with Gasteiger partial charge in [-0.1, -0.05) is 59.1 Å². The van der Waals surface area contributed by atoms with Crippen molar-refractivity contribution in [2.24, 2.45) is 4.99 Å². The number of aryl methyl sites for hydroxylation is 1. The number of benzene rings is 2. The van der Waals surface area contributed by atoms with Crippen LogP contribution in [0.5, 0.6) is 0 Å². The lowest BCUT2D eigenvalue weighted by Gasteiger charge is -1.97. The van der Waals surface area contributed by atoms with E-state index in [1.54, 1.807) is 30.4 Å². The first-order valence-corrected chi connectivity index (χ1v) is 7.99. The number of hydrogen-bond acceptors (Lipinski definition) is 3. The Kier molecular flexibility index (Phi) is 4.84. The van der Waals surface area contributed by atoms with Gasteiger partial charge in [-0.05, 0) is 42.3 Å². The van der Waals surface area contributed by atoms with E-state index >= 15 is 0 Å². The molecule has 5 heteroatoms. The first-order valence-electron chi connectivity index (χ1n) is 7.23. The molecular formula is C19H13Cl2NO2. The van der Waals surface area contributed by atoms with E-state index in [9.17, 15) is 4.79 Å². The van der Waals surface area contributed by atoms with Crippen LogP contribution in [0.25, 0.3) is 12.2 Å². The molecule has 1 heterocycles. The van der Waals surface area contributed by atoms with Crippen LogP contribution in [0.15, 0.2) is 59.2 Å². The van der Waals surface area contributed by atoms with Crippen molar-refractivity contribution in [2.75, 3.05) is 0 Å². The molecule has 1 aliphatic heterocycles. The third-order valence-corrected chi connectivity index (χ3v) is 4.12. The Bertz CT molecular complexity index is 881. The molecule has 0 N–H and O–H groups in total. The topological polar surface area (TPSA) is 38.7 Å². The average molecular weight is 358 g/mol. The van der Waals surface area contributed by atoms with Crippen LogP contribution in [-0.4, -0.2) is 11.9 Å². The van der Waals surface area contributed by atoms with E-state index in [-0.39, 0.29) is 11.6 Å². The fourth-order valence-electron chi connectivity index (χ4n) is 2.10. The molecule has 0 radical (unpaired) electrons. The second kappa shape index (κ2) is 7.04. The van der Waals surface area contributed by atoms with Gasteiger partial charge in [0.2, 0.25) is 5.90 Å². The fraction of sp³-hybridized carbons (Fsp3) is 0.0526. The maximum atomic E-state index is 11.9. The highest BCUT2D eigenvalue weighted by Gasteiger charge is 2.21. The van der Waals surface area contributed by atoms with E-state index in [4.69, 9.17) is 27.9 Å². The van der Waals surface area contributed by atoms with Crippen molar-refractivity contribution in [3.05, 3.63) is 81.0 Å². The zero-order chi connectivity index (χ0) is 17.1. The van der Waals surface area contributed by atoms with E-state index in [0.29, 0.717) is 10.0 Å². The molecule has 1 aliphatic rings. The minimum absolute atomic E-state index is 0.219. The van der Waals surface area contributed by atoms with Gasteiger partial charge in [0.15, 0.2) is 5.70 Å². The van der Waals surface area contributed by atoms with Crippen molar-refractivity contribution < 1.29 is 9.53 Å². The second-order valence-electron chi connectivity index (χ2n) is 5.29. The summed E-state index contributed by atoms with van der Waals surface area (Å²) in [6.45, 7) is 2.02. The summed E-state index contributed by atoms with van der Waals surface area (Å²) in [5, 5.41) is 0.874. The SMILES string of the molecule is Cc1ccc(/C=C/C2=NC(=C\c3ccc(Cl)c(Cl)c3)/C(=O)O2)cc1. The lowest BCUT2D eigenvalue weighted by atomic mass is 10.1. The number of rotatable bonds is 3. The molecule has 0 unspecified atom stereocenters. The van der Waals surface area contributed by atoms with Crippen LogP contribution in [0.3, 0.4) is 0 Å². The number of ether oxygens (including phenoxy) is 1. The number of aliphatic imine (C=N–C) groups is 1. The number of carbonyl (C=O) groups excluding carboxylic acids is 1. The van der Waals surface area contributed by atoms with Crippen molar-refractivity contribution in [1.29, 1.82) is 0 Å². The van der Waals surface area contributed by atoms with Gasteiger partial charge in [0.25, 0.3) is 0 Å². The predicted octanol–water partition coefficient (Wildman–Crippen LogP) is 5.31. The molecule has 3 rings (SSSR count). The van der Waals surface area contributed by atoms with Gasteiger partial charge in [-0.25, -0.2) is 9.79 Å². The minimum Gasteiger partial charge on any atom is -0.403 e. The van der Waals surface area contributed by atoms with Gasteiger partial charge < -0.3 is 4.74 Å². The highest BCUT2D eigenvalue weighted by Crippen LogP contribution is 2.25. The Balaban J connectivity index is 1.80. The highest BCUT2D eigenvalue weighted by molar-refractivity contribution is 6.42. The zero-order valence-electron chi connectivity index (χ0n) is 12.8. The summed E-state index contributed by atoms with van der Waals surface area (Å²) in [6.07, 6.45) is 5.11.